The molecular formula is C20H18N2O3S. The van der Waals surface area contributed by atoms with E-state index in [9.17, 15) is 4.79 Å². The number of esters is 1. The van der Waals surface area contributed by atoms with Gasteiger partial charge in [-0.15, -0.1) is 0 Å². The van der Waals surface area contributed by atoms with Crippen LogP contribution in [0.25, 0.3) is 16.0 Å². The van der Waals surface area contributed by atoms with E-state index in [2.05, 4.69) is 9.38 Å². The third-order valence-corrected chi connectivity index (χ3v) is 5.31. The van der Waals surface area contributed by atoms with Gasteiger partial charge in [0.25, 0.3) is 0 Å². The summed E-state index contributed by atoms with van der Waals surface area (Å²) < 4.78 is 12.6. The van der Waals surface area contributed by atoms with E-state index in [1.807, 2.05) is 55.5 Å². The Hall–Kier alpha value is -2.86. The molecule has 0 aliphatic heterocycles. The first-order valence-electron chi connectivity index (χ1n) is 8.40. The van der Waals surface area contributed by atoms with Crippen LogP contribution in [0.3, 0.4) is 0 Å². The molecule has 132 valence electrons. The number of hydrogen-bond donors (Lipinski definition) is 0. The molecule has 4 rings (SSSR count). The monoisotopic (exact) mass is 366 g/mol. The Morgan fingerprint density at radius 1 is 1.15 bits per heavy atom. The number of rotatable bonds is 5. The first-order valence-corrected chi connectivity index (χ1v) is 9.22. The third-order valence-electron chi connectivity index (χ3n) is 4.25. The number of carbonyl (C=O) groups is 1. The summed E-state index contributed by atoms with van der Waals surface area (Å²) in [5, 5.41) is 0. The summed E-state index contributed by atoms with van der Waals surface area (Å²) in [6.45, 7) is 2.16. The van der Waals surface area contributed by atoms with E-state index >= 15 is 0 Å². The van der Waals surface area contributed by atoms with Gasteiger partial charge in [0, 0.05) is 6.42 Å². The van der Waals surface area contributed by atoms with Crippen molar-refractivity contribution in [3.8, 4) is 5.75 Å². The number of carbonyl (C=O) groups excluding carboxylic acids is 1. The maximum atomic E-state index is 12.5. The summed E-state index contributed by atoms with van der Waals surface area (Å²) >= 11 is 1.38. The van der Waals surface area contributed by atoms with Crippen LogP contribution in [0.2, 0.25) is 0 Å². The molecule has 0 radical (unpaired) electrons. The van der Waals surface area contributed by atoms with Crippen LogP contribution in [0.5, 0.6) is 5.75 Å². The average Bonchev–Trinajstić information content (AvgIpc) is 3.19. The lowest BCUT2D eigenvalue weighted by atomic mass is 10.1. The lowest BCUT2D eigenvalue weighted by Crippen LogP contribution is -2.07. The standard InChI is InChI=1S/C20H18N2O3S/c1-3-25-19(23)18-17(12-13-8-10-14(24-2)11-9-13)22-16-7-5-4-6-15(16)21-20(22)26-18/h4-11H,3,12H2,1-2H3. The van der Waals surface area contributed by atoms with E-state index in [0.29, 0.717) is 17.9 Å². The fraction of sp³-hybridized carbons (Fsp3) is 0.200. The normalized spacial score (nSPS) is 11.2. The van der Waals surface area contributed by atoms with Crippen LogP contribution < -0.4 is 4.74 Å². The van der Waals surface area contributed by atoms with Crippen molar-refractivity contribution in [3.63, 3.8) is 0 Å². The lowest BCUT2D eigenvalue weighted by molar-refractivity contribution is 0.0530. The van der Waals surface area contributed by atoms with Crippen molar-refractivity contribution in [1.29, 1.82) is 0 Å². The van der Waals surface area contributed by atoms with Gasteiger partial charge in [0.1, 0.15) is 10.6 Å². The molecule has 0 fully saturated rings. The molecule has 0 spiro atoms. The van der Waals surface area contributed by atoms with Crippen molar-refractivity contribution in [2.24, 2.45) is 0 Å². The zero-order valence-electron chi connectivity index (χ0n) is 14.6. The van der Waals surface area contributed by atoms with Crippen molar-refractivity contribution in [1.82, 2.24) is 9.38 Å². The van der Waals surface area contributed by atoms with Crippen LogP contribution in [-0.4, -0.2) is 29.1 Å². The molecule has 0 aliphatic rings. The molecule has 6 heteroatoms. The molecule has 0 amide bonds. The first-order chi connectivity index (χ1) is 12.7. The number of para-hydroxylation sites is 2. The Bertz CT molecular complexity index is 1080. The van der Waals surface area contributed by atoms with Crippen LogP contribution in [-0.2, 0) is 11.2 Å². The maximum absolute atomic E-state index is 12.5. The average molecular weight is 366 g/mol. The molecule has 0 aliphatic carbocycles. The van der Waals surface area contributed by atoms with Gasteiger partial charge in [-0.25, -0.2) is 9.78 Å². The van der Waals surface area contributed by atoms with Gasteiger partial charge in [0.05, 0.1) is 30.4 Å². The summed E-state index contributed by atoms with van der Waals surface area (Å²) in [5.41, 5.74) is 3.92. The highest BCUT2D eigenvalue weighted by atomic mass is 32.1. The van der Waals surface area contributed by atoms with E-state index in [1.165, 1.54) is 11.3 Å². The third kappa shape index (κ3) is 2.82. The lowest BCUT2D eigenvalue weighted by Gasteiger charge is -2.07. The van der Waals surface area contributed by atoms with E-state index in [1.54, 1.807) is 7.11 Å². The minimum absolute atomic E-state index is 0.296. The fourth-order valence-electron chi connectivity index (χ4n) is 3.04. The molecule has 5 nitrogen and oxygen atoms in total. The zero-order chi connectivity index (χ0) is 18.1. The number of fused-ring (bicyclic) bond motifs is 3. The molecule has 0 bridgehead atoms. The van der Waals surface area contributed by atoms with Crippen LogP contribution >= 0.6 is 11.3 Å². The molecule has 0 unspecified atom stereocenters. The van der Waals surface area contributed by atoms with Crippen LogP contribution in [0.15, 0.2) is 48.5 Å². The second kappa shape index (κ2) is 6.80. The molecule has 0 atom stereocenters. The van der Waals surface area contributed by atoms with Gasteiger partial charge in [0.2, 0.25) is 0 Å². The number of hydrogen-bond acceptors (Lipinski definition) is 5. The smallest absolute Gasteiger partial charge is 0.350 e. The second-order valence-electron chi connectivity index (χ2n) is 5.84. The second-order valence-corrected chi connectivity index (χ2v) is 6.82. The van der Waals surface area contributed by atoms with Gasteiger partial charge in [-0.05, 0) is 36.8 Å². The van der Waals surface area contributed by atoms with E-state index < -0.39 is 0 Å². The van der Waals surface area contributed by atoms with E-state index in [-0.39, 0.29) is 5.97 Å². The fourth-order valence-corrected chi connectivity index (χ4v) is 4.09. The van der Waals surface area contributed by atoms with E-state index in [0.717, 1.165) is 33.0 Å². The minimum atomic E-state index is -0.296. The molecule has 4 aromatic rings. The predicted molar refractivity (Wildman–Crippen MR) is 102 cm³/mol. The minimum Gasteiger partial charge on any atom is -0.497 e. The molecular weight excluding hydrogens is 348 g/mol. The van der Waals surface area contributed by atoms with Gasteiger partial charge in [-0.3, -0.25) is 4.40 Å². The van der Waals surface area contributed by atoms with Crippen molar-refractivity contribution in [2.45, 2.75) is 13.3 Å². The molecule has 0 saturated carbocycles. The number of methoxy groups -OCH3 is 1. The molecule has 0 saturated heterocycles. The highest BCUT2D eigenvalue weighted by molar-refractivity contribution is 7.19. The highest BCUT2D eigenvalue weighted by Gasteiger charge is 2.22. The Morgan fingerprint density at radius 3 is 2.65 bits per heavy atom. The Morgan fingerprint density at radius 2 is 1.92 bits per heavy atom. The van der Waals surface area contributed by atoms with Gasteiger partial charge in [-0.1, -0.05) is 35.6 Å². The maximum Gasteiger partial charge on any atom is 0.350 e. The summed E-state index contributed by atoms with van der Waals surface area (Å²) in [4.78, 5) is 18.6. The number of imidazole rings is 1. The largest absolute Gasteiger partial charge is 0.497 e. The van der Waals surface area contributed by atoms with Gasteiger partial charge in [-0.2, -0.15) is 0 Å². The van der Waals surface area contributed by atoms with Crippen molar-refractivity contribution in [2.75, 3.05) is 13.7 Å². The van der Waals surface area contributed by atoms with Gasteiger partial charge in [0.15, 0.2) is 4.96 Å². The van der Waals surface area contributed by atoms with Gasteiger partial charge >= 0.3 is 5.97 Å². The summed E-state index contributed by atoms with van der Waals surface area (Å²) in [7, 11) is 1.65. The van der Waals surface area contributed by atoms with Crippen molar-refractivity contribution < 1.29 is 14.3 Å². The van der Waals surface area contributed by atoms with Crippen LogP contribution in [0.1, 0.15) is 27.9 Å². The SMILES string of the molecule is CCOC(=O)c1sc2nc3ccccc3n2c1Cc1ccc(OC)cc1. The predicted octanol–water partition coefficient (Wildman–Crippen LogP) is 4.33. The number of nitrogens with zero attached hydrogens (tertiary/aromatic N) is 2. The van der Waals surface area contributed by atoms with E-state index in [4.69, 9.17) is 9.47 Å². The quantitative estimate of drug-likeness (QED) is 0.494. The Balaban J connectivity index is 1.87. The van der Waals surface area contributed by atoms with Crippen molar-refractivity contribution >= 4 is 33.3 Å². The molecule has 2 aromatic carbocycles. The molecule has 2 heterocycles. The topological polar surface area (TPSA) is 52.8 Å². The number of aromatic nitrogens is 2. The molecule has 2 aromatic heterocycles. The summed E-state index contributed by atoms with van der Waals surface area (Å²) in [6.07, 6.45) is 0.610. The van der Waals surface area contributed by atoms with Crippen LogP contribution in [0, 0.1) is 0 Å². The first kappa shape index (κ1) is 16.6. The number of benzene rings is 2. The Labute approximate surface area is 154 Å². The van der Waals surface area contributed by atoms with Crippen LogP contribution in [0.4, 0.5) is 0 Å². The zero-order valence-corrected chi connectivity index (χ0v) is 15.4. The summed E-state index contributed by atoms with van der Waals surface area (Å²) in [5.74, 6) is 0.513. The molecule has 0 N–H and O–H groups in total. The highest BCUT2D eigenvalue weighted by Crippen LogP contribution is 2.30. The Kier molecular flexibility index (Phi) is 4.34. The molecule has 26 heavy (non-hydrogen) atoms. The summed E-state index contributed by atoms with van der Waals surface area (Å²) in [6, 6.07) is 15.8. The van der Waals surface area contributed by atoms with Gasteiger partial charge < -0.3 is 9.47 Å². The number of thiazole rings is 1. The van der Waals surface area contributed by atoms with Crippen molar-refractivity contribution in [3.05, 3.63) is 64.7 Å². The number of ether oxygens (including phenoxy) is 2.